The number of nitrogens with zero attached hydrogens (tertiary/aromatic N) is 1. The Kier molecular flexibility index (Phi) is 4.27. The van der Waals surface area contributed by atoms with Gasteiger partial charge in [0.1, 0.15) is 0 Å². The minimum absolute atomic E-state index is 0.229. The van der Waals surface area contributed by atoms with Gasteiger partial charge in [-0.15, -0.1) is 0 Å². The number of benzene rings is 1. The fourth-order valence-corrected chi connectivity index (χ4v) is 4.00. The molecule has 2 rings (SSSR count). The highest BCUT2D eigenvalue weighted by Gasteiger charge is 2.29. The number of likely N-dealkylation sites (N-methyl/N-ethyl adjacent to an activating group) is 1. The average molecular weight is 289 g/mol. The maximum absolute atomic E-state index is 12.4. The number of rotatable bonds is 3. The van der Waals surface area contributed by atoms with Crippen molar-refractivity contribution in [3.05, 3.63) is 29.3 Å². The van der Waals surface area contributed by atoms with Gasteiger partial charge in [-0.05, 0) is 38.1 Å². The summed E-state index contributed by atoms with van der Waals surface area (Å²) in [4.78, 5) is 0.270. The number of halogens is 1. The molecule has 1 atom stereocenters. The van der Waals surface area contributed by atoms with Crippen LogP contribution < -0.4 is 5.32 Å². The third kappa shape index (κ3) is 2.85. The van der Waals surface area contributed by atoms with Crippen LogP contribution in [0, 0.1) is 0 Å². The van der Waals surface area contributed by atoms with E-state index in [1.54, 1.807) is 18.2 Å². The topological polar surface area (TPSA) is 49.4 Å². The Bertz CT molecular complexity index is 519. The molecule has 1 saturated heterocycles. The molecular weight excluding hydrogens is 272 g/mol. The highest BCUT2D eigenvalue weighted by Crippen LogP contribution is 2.22. The normalized spacial score (nSPS) is 22.0. The summed E-state index contributed by atoms with van der Waals surface area (Å²) >= 11 is 5.85. The number of hydrogen-bond acceptors (Lipinski definition) is 3. The minimum atomic E-state index is -3.42. The van der Waals surface area contributed by atoms with Crippen LogP contribution >= 0.6 is 11.6 Å². The maximum atomic E-state index is 12.4. The van der Waals surface area contributed by atoms with E-state index in [1.807, 2.05) is 7.05 Å². The Hall–Kier alpha value is -0.620. The van der Waals surface area contributed by atoms with Crippen LogP contribution in [0.25, 0.3) is 0 Å². The van der Waals surface area contributed by atoms with Gasteiger partial charge in [0.05, 0.1) is 4.90 Å². The second kappa shape index (κ2) is 5.57. The van der Waals surface area contributed by atoms with Crippen LogP contribution in [0.15, 0.2) is 29.2 Å². The van der Waals surface area contributed by atoms with Gasteiger partial charge in [0.2, 0.25) is 10.0 Å². The van der Waals surface area contributed by atoms with Crippen LogP contribution in [0.5, 0.6) is 0 Å². The highest BCUT2D eigenvalue weighted by atomic mass is 35.5. The SMILES string of the molecule is CNC1CCCN(S(=O)(=O)c2cccc(Cl)c2)C1. The van der Waals surface area contributed by atoms with Gasteiger partial charge in [0, 0.05) is 24.2 Å². The van der Waals surface area contributed by atoms with Crippen molar-refractivity contribution in [3.63, 3.8) is 0 Å². The molecule has 0 bridgehead atoms. The Morgan fingerprint density at radius 1 is 1.44 bits per heavy atom. The molecule has 1 aromatic rings. The van der Waals surface area contributed by atoms with Gasteiger partial charge in [-0.2, -0.15) is 4.31 Å². The molecule has 0 aliphatic carbocycles. The summed E-state index contributed by atoms with van der Waals surface area (Å²) in [5, 5.41) is 3.58. The molecule has 6 heteroatoms. The molecule has 1 aliphatic rings. The summed E-state index contributed by atoms with van der Waals surface area (Å²) in [5.41, 5.74) is 0. The summed E-state index contributed by atoms with van der Waals surface area (Å²) in [6.07, 6.45) is 1.89. The molecule has 1 fully saturated rings. The lowest BCUT2D eigenvalue weighted by Gasteiger charge is -2.31. The lowest BCUT2D eigenvalue weighted by Crippen LogP contribution is -2.46. The van der Waals surface area contributed by atoms with E-state index in [0.29, 0.717) is 18.1 Å². The number of hydrogen-bond donors (Lipinski definition) is 1. The zero-order valence-corrected chi connectivity index (χ0v) is 11.8. The van der Waals surface area contributed by atoms with Crippen molar-refractivity contribution in [2.75, 3.05) is 20.1 Å². The molecule has 0 radical (unpaired) electrons. The van der Waals surface area contributed by atoms with Crippen molar-refractivity contribution in [2.45, 2.75) is 23.8 Å². The Morgan fingerprint density at radius 3 is 2.89 bits per heavy atom. The molecule has 0 amide bonds. The predicted octanol–water partition coefficient (Wildman–Crippen LogP) is 1.71. The van der Waals surface area contributed by atoms with Crippen LogP contribution in [0.2, 0.25) is 5.02 Å². The Balaban J connectivity index is 2.25. The first-order chi connectivity index (χ1) is 8.54. The number of piperidine rings is 1. The second-order valence-electron chi connectivity index (χ2n) is 4.45. The van der Waals surface area contributed by atoms with Crippen molar-refractivity contribution >= 4 is 21.6 Å². The van der Waals surface area contributed by atoms with Crippen LogP contribution in [0.1, 0.15) is 12.8 Å². The molecule has 1 aromatic carbocycles. The van der Waals surface area contributed by atoms with Gasteiger partial charge < -0.3 is 5.32 Å². The smallest absolute Gasteiger partial charge is 0.243 e. The molecule has 0 spiro atoms. The summed E-state index contributed by atoms with van der Waals surface area (Å²) in [6, 6.07) is 6.65. The van der Waals surface area contributed by atoms with E-state index in [-0.39, 0.29) is 10.9 Å². The lowest BCUT2D eigenvalue weighted by molar-refractivity contribution is 0.293. The quantitative estimate of drug-likeness (QED) is 0.921. The van der Waals surface area contributed by atoms with Crippen molar-refractivity contribution in [3.8, 4) is 0 Å². The fourth-order valence-electron chi connectivity index (χ4n) is 2.17. The average Bonchev–Trinajstić information content (AvgIpc) is 2.39. The first-order valence-corrected chi connectivity index (χ1v) is 7.79. The number of sulfonamides is 1. The summed E-state index contributed by atoms with van der Waals surface area (Å²) in [5.74, 6) is 0. The van der Waals surface area contributed by atoms with E-state index in [4.69, 9.17) is 11.6 Å². The lowest BCUT2D eigenvalue weighted by atomic mass is 10.1. The highest BCUT2D eigenvalue weighted by molar-refractivity contribution is 7.89. The molecule has 0 saturated carbocycles. The van der Waals surface area contributed by atoms with E-state index in [9.17, 15) is 8.42 Å². The van der Waals surface area contributed by atoms with Crippen LogP contribution in [-0.4, -0.2) is 38.9 Å². The van der Waals surface area contributed by atoms with Crippen LogP contribution in [0.3, 0.4) is 0 Å². The Labute approximate surface area is 113 Å². The van der Waals surface area contributed by atoms with Crippen LogP contribution in [-0.2, 0) is 10.0 Å². The van der Waals surface area contributed by atoms with Crippen molar-refractivity contribution in [1.29, 1.82) is 0 Å². The molecule has 1 N–H and O–H groups in total. The van der Waals surface area contributed by atoms with Crippen molar-refractivity contribution < 1.29 is 8.42 Å². The van der Waals surface area contributed by atoms with Crippen molar-refractivity contribution in [2.24, 2.45) is 0 Å². The van der Waals surface area contributed by atoms with E-state index < -0.39 is 10.0 Å². The molecule has 1 aliphatic heterocycles. The molecule has 4 nitrogen and oxygen atoms in total. The van der Waals surface area contributed by atoms with E-state index >= 15 is 0 Å². The summed E-state index contributed by atoms with van der Waals surface area (Å²) in [7, 11) is -1.56. The maximum Gasteiger partial charge on any atom is 0.243 e. The van der Waals surface area contributed by atoms with E-state index in [1.165, 1.54) is 10.4 Å². The summed E-state index contributed by atoms with van der Waals surface area (Å²) in [6.45, 7) is 1.10. The zero-order chi connectivity index (χ0) is 13.2. The van der Waals surface area contributed by atoms with Crippen LogP contribution in [0.4, 0.5) is 0 Å². The largest absolute Gasteiger partial charge is 0.316 e. The first kappa shape index (κ1) is 13.8. The molecular formula is C12H17ClN2O2S. The summed E-state index contributed by atoms with van der Waals surface area (Å²) < 4.78 is 26.4. The predicted molar refractivity (Wildman–Crippen MR) is 72.3 cm³/mol. The molecule has 100 valence electrons. The van der Waals surface area contributed by atoms with E-state index in [0.717, 1.165) is 12.8 Å². The number of nitrogens with one attached hydrogen (secondary N) is 1. The van der Waals surface area contributed by atoms with Gasteiger partial charge in [-0.1, -0.05) is 17.7 Å². The second-order valence-corrected chi connectivity index (χ2v) is 6.82. The van der Waals surface area contributed by atoms with Gasteiger partial charge in [-0.3, -0.25) is 0 Å². The first-order valence-electron chi connectivity index (χ1n) is 5.97. The molecule has 18 heavy (non-hydrogen) atoms. The minimum Gasteiger partial charge on any atom is -0.316 e. The molecule has 1 unspecified atom stereocenters. The third-order valence-corrected chi connectivity index (χ3v) is 5.32. The van der Waals surface area contributed by atoms with Gasteiger partial charge in [0.15, 0.2) is 0 Å². The van der Waals surface area contributed by atoms with Gasteiger partial charge in [-0.25, -0.2) is 8.42 Å². The fraction of sp³-hybridized carbons (Fsp3) is 0.500. The van der Waals surface area contributed by atoms with Gasteiger partial charge >= 0.3 is 0 Å². The third-order valence-electron chi connectivity index (χ3n) is 3.23. The zero-order valence-electron chi connectivity index (χ0n) is 10.3. The van der Waals surface area contributed by atoms with Crippen molar-refractivity contribution in [1.82, 2.24) is 9.62 Å². The molecule has 1 heterocycles. The molecule has 0 aromatic heterocycles. The van der Waals surface area contributed by atoms with Gasteiger partial charge in [0.25, 0.3) is 0 Å². The Morgan fingerprint density at radius 2 is 2.22 bits per heavy atom. The monoisotopic (exact) mass is 288 g/mol. The van der Waals surface area contributed by atoms with E-state index in [2.05, 4.69) is 5.32 Å². The standard InChI is InChI=1S/C12H17ClN2O2S/c1-14-11-5-3-7-15(9-11)18(16,17)12-6-2-4-10(13)8-12/h2,4,6,8,11,14H,3,5,7,9H2,1H3.